The van der Waals surface area contributed by atoms with Crippen LogP contribution in [0.2, 0.25) is 0 Å². The first-order valence-corrected chi connectivity index (χ1v) is 9.95. The van der Waals surface area contributed by atoms with Crippen LogP contribution in [0.5, 0.6) is 5.75 Å². The molecule has 0 saturated carbocycles. The maximum Gasteiger partial charge on any atom is 0.573 e. The van der Waals surface area contributed by atoms with Crippen molar-refractivity contribution in [3.05, 3.63) is 54.1 Å². The van der Waals surface area contributed by atoms with Gasteiger partial charge in [-0.15, -0.1) is 13.2 Å². The maximum atomic E-state index is 12.4. The number of halogens is 3. The average Bonchev–Trinajstić information content (AvgIpc) is 2.74. The van der Waals surface area contributed by atoms with E-state index in [-0.39, 0.29) is 29.9 Å². The van der Waals surface area contributed by atoms with Gasteiger partial charge in [-0.05, 0) is 54.6 Å². The predicted molar refractivity (Wildman–Crippen MR) is 107 cm³/mol. The minimum absolute atomic E-state index is 0.0963. The molecule has 1 aliphatic rings. The molecular weight excluding hydrogens is 393 g/mol. The Hall–Kier alpha value is -2.85. The first kappa shape index (κ1) is 21.8. The van der Waals surface area contributed by atoms with Gasteiger partial charge in [0.05, 0.1) is 18.0 Å². The summed E-state index contributed by atoms with van der Waals surface area (Å²) in [6, 6.07) is 15.2. The van der Waals surface area contributed by atoms with E-state index in [0.29, 0.717) is 6.42 Å². The van der Waals surface area contributed by atoms with Gasteiger partial charge in [-0.2, -0.15) is 5.26 Å². The second-order valence-electron chi connectivity index (χ2n) is 7.47. The van der Waals surface area contributed by atoms with Gasteiger partial charge in [-0.1, -0.05) is 42.8 Å². The standard InChI is InChI=1S/C23H23F3N2O2/c24-23(25,26)30-20-10-8-19(9-11-20)18-6-4-16(5-7-18)13-17(15-27)14-22(29)21-3-1-2-12-28-21/h4-11,17,21,28H,1-3,12-14H2/t17-,21+/m1/s1. The van der Waals surface area contributed by atoms with Crippen LogP contribution in [-0.2, 0) is 11.2 Å². The number of ether oxygens (including phenoxy) is 1. The Labute approximate surface area is 173 Å². The summed E-state index contributed by atoms with van der Waals surface area (Å²) < 4.78 is 40.7. The number of carbonyl (C=O) groups excluding carboxylic acids is 1. The minimum atomic E-state index is -4.71. The predicted octanol–water partition coefficient (Wildman–Crippen LogP) is 5.04. The SMILES string of the molecule is N#C[C@@H](CC(=O)[C@@H]1CCCCN1)Cc1ccc(-c2ccc(OC(F)(F)F)cc2)cc1. The highest BCUT2D eigenvalue weighted by Gasteiger charge is 2.31. The molecule has 2 aromatic rings. The number of alkyl halides is 3. The number of benzene rings is 2. The van der Waals surface area contributed by atoms with Crippen molar-refractivity contribution in [3.8, 4) is 22.9 Å². The number of nitriles is 1. The molecule has 1 saturated heterocycles. The molecule has 0 unspecified atom stereocenters. The van der Waals surface area contributed by atoms with Crippen molar-refractivity contribution in [2.24, 2.45) is 5.92 Å². The summed E-state index contributed by atoms with van der Waals surface area (Å²) in [5.74, 6) is -0.554. The molecule has 30 heavy (non-hydrogen) atoms. The summed E-state index contributed by atoms with van der Waals surface area (Å²) in [5.41, 5.74) is 2.53. The van der Waals surface area contributed by atoms with E-state index in [9.17, 15) is 23.2 Å². The van der Waals surface area contributed by atoms with E-state index >= 15 is 0 Å². The first-order chi connectivity index (χ1) is 14.3. The van der Waals surface area contributed by atoms with Gasteiger partial charge in [0.2, 0.25) is 0 Å². The van der Waals surface area contributed by atoms with Gasteiger partial charge in [-0.25, -0.2) is 0 Å². The third-order valence-electron chi connectivity index (χ3n) is 5.19. The van der Waals surface area contributed by atoms with Crippen molar-refractivity contribution >= 4 is 5.78 Å². The number of nitrogens with zero attached hydrogens (tertiary/aromatic N) is 1. The Morgan fingerprint density at radius 1 is 1.10 bits per heavy atom. The van der Waals surface area contributed by atoms with Crippen LogP contribution in [0.15, 0.2) is 48.5 Å². The van der Waals surface area contributed by atoms with Crippen molar-refractivity contribution in [2.75, 3.05) is 6.54 Å². The van der Waals surface area contributed by atoms with E-state index in [1.165, 1.54) is 12.1 Å². The lowest BCUT2D eigenvalue weighted by atomic mass is 9.90. The number of carbonyl (C=O) groups is 1. The normalized spacial score (nSPS) is 17.7. The van der Waals surface area contributed by atoms with Crippen molar-refractivity contribution in [1.29, 1.82) is 5.26 Å². The van der Waals surface area contributed by atoms with Crippen molar-refractivity contribution in [1.82, 2.24) is 5.32 Å². The molecule has 0 bridgehead atoms. The minimum Gasteiger partial charge on any atom is -0.406 e. The number of Topliss-reactive ketones (excluding diaryl/α,β-unsaturated/α-hetero) is 1. The van der Waals surface area contributed by atoms with Crippen LogP contribution in [0.1, 0.15) is 31.2 Å². The Balaban J connectivity index is 1.59. The molecule has 1 fully saturated rings. The Bertz CT molecular complexity index is 881. The highest BCUT2D eigenvalue weighted by Crippen LogP contribution is 2.27. The van der Waals surface area contributed by atoms with Crippen LogP contribution < -0.4 is 10.1 Å². The third-order valence-corrected chi connectivity index (χ3v) is 5.19. The van der Waals surface area contributed by atoms with E-state index in [2.05, 4.69) is 16.1 Å². The fraction of sp³-hybridized carbons (Fsp3) is 0.391. The molecule has 1 N–H and O–H groups in total. The molecule has 1 heterocycles. The van der Waals surface area contributed by atoms with Gasteiger partial charge in [0, 0.05) is 6.42 Å². The topological polar surface area (TPSA) is 62.1 Å². The quantitative estimate of drug-likeness (QED) is 0.687. The van der Waals surface area contributed by atoms with Crippen LogP contribution >= 0.6 is 0 Å². The van der Waals surface area contributed by atoms with Gasteiger partial charge in [0.1, 0.15) is 5.75 Å². The number of ketones is 1. The lowest BCUT2D eigenvalue weighted by molar-refractivity contribution is -0.274. The third kappa shape index (κ3) is 6.33. The van der Waals surface area contributed by atoms with Gasteiger partial charge in [0.15, 0.2) is 5.78 Å². The summed E-state index contributed by atoms with van der Waals surface area (Å²) in [6.45, 7) is 0.846. The number of rotatable bonds is 7. The van der Waals surface area contributed by atoms with Crippen molar-refractivity contribution < 1.29 is 22.7 Å². The molecule has 0 aliphatic carbocycles. The molecule has 7 heteroatoms. The largest absolute Gasteiger partial charge is 0.573 e. The molecule has 4 nitrogen and oxygen atoms in total. The number of piperidine rings is 1. The highest BCUT2D eigenvalue weighted by atomic mass is 19.4. The zero-order valence-corrected chi connectivity index (χ0v) is 16.4. The summed E-state index contributed by atoms with van der Waals surface area (Å²) in [6.07, 6.45) is -1.06. The fourth-order valence-electron chi connectivity index (χ4n) is 3.64. The molecule has 2 atom stereocenters. The van der Waals surface area contributed by atoms with Gasteiger partial charge in [0.25, 0.3) is 0 Å². The molecule has 158 valence electrons. The molecular formula is C23H23F3N2O2. The number of nitrogens with one attached hydrogen (secondary N) is 1. The zero-order valence-electron chi connectivity index (χ0n) is 16.4. The lowest BCUT2D eigenvalue weighted by Crippen LogP contribution is -2.41. The average molecular weight is 416 g/mol. The van der Waals surface area contributed by atoms with Crippen LogP contribution in [0.25, 0.3) is 11.1 Å². The summed E-state index contributed by atoms with van der Waals surface area (Å²) >= 11 is 0. The Kier molecular flexibility index (Phi) is 7.11. The van der Waals surface area contributed by atoms with Gasteiger partial charge in [-0.3, -0.25) is 4.79 Å². The lowest BCUT2D eigenvalue weighted by Gasteiger charge is -2.23. The number of hydrogen-bond donors (Lipinski definition) is 1. The molecule has 1 aliphatic heterocycles. The molecule has 3 rings (SSSR count). The Morgan fingerprint density at radius 2 is 1.73 bits per heavy atom. The van der Waals surface area contributed by atoms with Crippen molar-refractivity contribution in [3.63, 3.8) is 0 Å². The highest BCUT2D eigenvalue weighted by molar-refractivity contribution is 5.84. The summed E-state index contributed by atoms with van der Waals surface area (Å²) in [4.78, 5) is 12.4. The second-order valence-corrected chi connectivity index (χ2v) is 7.47. The van der Waals surface area contributed by atoms with E-state index in [4.69, 9.17) is 0 Å². The van der Waals surface area contributed by atoms with Crippen molar-refractivity contribution in [2.45, 2.75) is 44.5 Å². The van der Waals surface area contributed by atoms with Crippen LogP contribution in [0, 0.1) is 17.2 Å². The first-order valence-electron chi connectivity index (χ1n) is 9.95. The molecule has 2 aromatic carbocycles. The monoisotopic (exact) mass is 416 g/mol. The Morgan fingerprint density at radius 3 is 2.27 bits per heavy atom. The van der Waals surface area contributed by atoms with Crippen LogP contribution in [0.4, 0.5) is 13.2 Å². The number of hydrogen-bond acceptors (Lipinski definition) is 4. The smallest absolute Gasteiger partial charge is 0.406 e. The summed E-state index contributed by atoms with van der Waals surface area (Å²) in [5, 5.41) is 12.7. The second kappa shape index (κ2) is 9.77. The maximum absolute atomic E-state index is 12.4. The van der Waals surface area contributed by atoms with Crippen LogP contribution in [-0.4, -0.2) is 24.7 Å². The molecule has 0 aromatic heterocycles. The molecule has 0 amide bonds. The van der Waals surface area contributed by atoms with Gasteiger partial charge < -0.3 is 10.1 Å². The van der Waals surface area contributed by atoms with E-state index < -0.39 is 6.36 Å². The van der Waals surface area contributed by atoms with E-state index in [1.54, 1.807) is 12.1 Å². The summed E-state index contributed by atoms with van der Waals surface area (Å²) in [7, 11) is 0. The fourth-order valence-corrected chi connectivity index (χ4v) is 3.64. The molecule has 0 radical (unpaired) electrons. The van der Waals surface area contributed by atoms with Gasteiger partial charge >= 0.3 is 6.36 Å². The van der Waals surface area contributed by atoms with E-state index in [1.807, 2.05) is 24.3 Å². The zero-order chi connectivity index (χ0) is 21.6. The van der Waals surface area contributed by atoms with Crippen LogP contribution in [0.3, 0.4) is 0 Å². The van der Waals surface area contributed by atoms with E-state index in [0.717, 1.165) is 42.5 Å². The molecule has 0 spiro atoms.